The minimum atomic E-state index is -0.0615. The van der Waals surface area contributed by atoms with Crippen molar-refractivity contribution in [1.29, 1.82) is 0 Å². The van der Waals surface area contributed by atoms with Crippen LogP contribution >= 0.6 is 0 Å². The maximum Gasteiger partial charge on any atom is 0.263 e. The van der Waals surface area contributed by atoms with Crippen LogP contribution < -0.4 is 15.1 Å². The summed E-state index contributed by atoms with van der Waals surface area (Å²) in [5, 5.41) is 3.08. The normalized spacial score (nSPS) is 14.5. The van der Waals surface area contributed by atoms with Crippen molar-refractivity contribution in [3.8, 4) is 0 Å². The van der Waals surface area contributed by atoms with Crippen molar-refractivity contribution >= 4 is 23.4 Å². The number of amides is 1. The van der Waals surface area contributed by atoms with Gasteiger partial charge in [-0.05, 0) is 19.1 Å². The smallest absolute Gasteiger partial charge is 0.263 e. The van der Waals surface area contributed by atoms with Crippen LogP contribution in [0, 0.1) is 0 Å². The summed E-state index contributed by atoms with van der Waals surface area (Å²) in [5.74, 6) is 1.16. The van der Waals surface area contributed by atoms with Crippen LogP contribution in [0.4, 0.5) is 17.5 Å². The molecule has 0 saturated heterocycles. The van der Waals surface area contributed by atoms with Gasteiger partial charge in [0.2, 0.25) is 5.95 Å². The van der Waals surface area contributed by atoms with Gasteiger partial charge in [0.1, 0.15) is 11.4 Å². The molecule has 3 rings (SSSR count). The van der Waals surface area contributed by atoms with Gasteiger partial charge in [0.05, 0.1) is 0 Å². The fraction of sp³-hybridized carbons (Fsp3) is 0.312. The SMILES string of the molecule is CCNc1ncc2c(n1)N(C)CCN(c1ccccc1)C2=O. The van der Waals surface area contributed by atoms with Crippen molar-refractivity contribution in [3.63, 3.8) is 0 Å². The van der Waals surface area contributed by atoms with Gasteiger partial charge in [0.25, 0.3) is 5.91 Å². The van der Waals surface area contributed by atoms with E-state index in [1.165, 1.54) is 0 Å². The Labute approximate surface area is 129 Å². The third-order valence-electron chi connectivity index (χ3n) is 3.67. The van der Waals surface area contributed by atoms with Gasteiger partial charge in [0, 0.05) is 38.6 Å². The molecule has 0 radical (unpaired) electrons. The van der Waals surface area contributed by atoms with E-state index in [0.29, 0.717) is 23.9 Å². The van der Waals surface area contributed by atoms with Crippen LogP contribution in [0.3, 0.4) is 0 Å². The van der Waals surface area contributed by atoms with E-state index in [-0.39, 0.29) is 5.91 Å². The van der Waals surface area contributed by atoms with Gasteiger partial charge in [-0.1, -0.05) is 18.2 Å². The predicted molar refractivity (Wildman–Crippen MR) is 87.6 cm³/mol. The van der Waals surface area contributed by atoms with Crippen LogP contribution in [0.1, 0.15) is 17.3 Å². The summed E-state index contributed by atoms with van der Waals surface area (Å²) in [4.78, 5) is 25.3. The number of carbonyl (C=O) groups excluding carboxylic acids is 1. The number of para-hydroxylation sites is 1. The standard InChI is InChI=1S/C16H19N5O/c1-3-17-16-18-11-13-14(19-16)20(2)9-10-21(15(13)22)12-7-5-4-6-8-12/h4-8,11H,3,9-10H2,1-2H3,(H,17,18,19). The Morgan fingerprint density at radius 3 is 2.73 bits per heavy atom. The highest BCUT2D eigenvalue weighted by Gasteiger charge is 2.27. The van der Waals surface area contributed by atoms with E-state index in [1.54, 1.807) is 11.1 Å². The molecule has 1 aliphatic rings. The second-order valence-corrected chi connectivity index (χ2v) is 5.18. The fourth-order valence-corrected chi connectivity index (χ4v) is 2.52. The molecule has 1 aromatic heterocycles. The first kappa shape index (κ1) is 14.3. The number of hydrogen-bond acceptors (Lipinski definition) is 5. The minimum absolute atomic E-state index is 0.0615. The summed E-state index contributed by atoms with van der Waals surface area (Å²) >= 11 is 0. The van der Waals surface area contributed by atoms with Crippen LogP contribution in [0.25, 0.3) is 0 Å². The molecule has 0 bridgehead atoms. The molecule has 0 fully saturated rings. The van der Waals surface area contributed by atoms with Crippen molar-refractivity contribution in [1.82, 2.24) is 9.97 Å². The third kappa shape index (κ3) is 2.59. The Hall–Kier alpha value is -2.63. The Morgan fingerprint density at radius 1 is 1.23 bits per heavy atom. The molecule has 1 aliphatic heterocycles. The van der Waals surface area contributed by atoms with E-state index in [4.69, 9.17) is 0 Å². The molecule has 0 aliphatic carbocycles. The topological polar surface area (TPSA) is 61.4 Å². The van der Waals surface area contributed by atoms with E-state index < -0.39 is 0 Å². The summed E-state index contributed by atoms with van der Waals surface area (Å²) in [7, 11) is 1.95. The lowest BCUT2D eigenvalue weighted by atomic mass is 10.2. The zero-order valence-electron chi connectivity index (χ0n) is 12.8. The lowest BCUT2D eigenvalue weighted by Crippen LogP contribution is -2.33. The first-order valence-electron chi connectivity index (χ1n) is 7.39. The lowest BCUT2D eigenvalue weighted by Gasteiger charge is -2.20. The van der Waals surface area contributed by atoms with Crippen LogP contribution in [0.2, 0.25) is 0 Å². The van der Waals surface area contributed by atoms with Gasteiger partial charge in [-0.3, -0.25) is 4.79 Å². The van der Waals surface area contributed by atoms with Crippen LogP contribution in [0.5, 0.6) is 0 Å². The van der Waals surface area contributed by atoms with Gasteiger partial charge >= 0.3 is 0 Å². The molecule has 0 atom stereocenters. The molecule has 114 valence electrons. The number of nitrogens with one attached hydrogen (secondary N) is 1. The highest BCUT2D eigenvalue weighted by molar-refractivity contribution is 6.09. The number of benzene rings is 1. The van der Waals surface area contributed by atoms with Gasteiger partial charge in [0.15, 0.2) is 0 Å². The largest absolute Gasteiger partial charge is 0.357 e. The maximum atomic E-state index is 12.9. The number of carbonyl (C=O) groups is 1. The van der Waals surface area contributed by atoms with E-state index >= 15 is 0 Å². The van der Waals surface area contributed by atoms with Gasteiger partial charge in [-0.15, -0.1) is 0 Å². The lowest BCUT2D eigenvalue weighted by molar-refractivity contribution is 0.0989. The molecular formula is C16H19N5O. The average molecular weight is 297 g/mol. The number of anilines is 3. The second kappa shape index (κ2) is 6.01. The summed E-state index contributed by atoms with van der Waals surface area (Å²) < 4.78 is 0. The van der Waals surface area contributed by atoms with E-state index in [1.807, 2.05) is 49.2 Å². The van der Waals surface area contributed by atoms with Crippen LogP contribution in [-0.2, 0) is 0 Å². The average Bonchev–Trinajstić information content (AvgIpc) is 2.67. The van der Waals surface area contributed by atoms with E-state index in [9.17, 15) is 4.79 Å². The molecule has 0 saturated carbocycles. The van der Waals surface area contributed by atoms with E-state index in [2.05, 4.69) is 15.3 Å². The van der Waals surface area contributed by atoms with Crippen LogP contribution in [-0.4, -0.2) is 42.6 Å². The molecule has 22 heavy (non-hydrogen) atoms. The monoisotopic (exact) mass is 297 g/mol. The molecule has 1 aromatic carbocycles. The van der Waals surface area contributed by atoms with Gasteiger partial charge in [-0.2, -0.15) is 4.98 Å². The number of aromatic nitrogens is 2. The number of hydrogen-bond donors (Lipinski definition) is 1. The molecule has 1 N–H and O–H groups in total. The molecule has 0 unspecified atom stereocenters. The van der Waals surface area contributed by atoms with Crippen molar-refractivity contribution in [2.45, 2.75) is 6.92 Å². The van der Waals surface area contributed by atoms with Gasteiger partial charge < -0.3 is 15.1 Å². The van der Waals surface area contributed by atoms with Crippen molar-refractivity contribution in [2.24, 2.45) is 0 Å². The molecule has 2 heterocycles. The van der Waals surface area contributed by atoms with Crippen molar-refractivity contribution in [2.75, 3.05) is 41.8 Å². The summed E-state index contributed by atoms with van der Waals surface area (Å²) in [6.45, 7) is 4.07. The highest BCUT2D eigenvalue weighted by atomic mass is 16.2. The highest BCUT2D eigenvalue weighted by Crippen LogP contribution is 2.25. The summed E-state index contributed by atoms with van der Waals surface area (Å²) in [5.41, 5.74) is 1.43. The number of nitrogens with zero attached hydrogens (tertiary/aromatic N) is 4. The first-order chi connectivity index (χ1) is 10.7. The first-order valence-corrected chi connectivity index (χ1v) is 7.39. The molecule has 2 aromatic rings. The zero-order chi connectivity index (χ0) is 15.5. The molecule has 0 spiro atoms. The van der Waals surface area contributed by atoms with Crippen LogP contribution in [0.15, 0.2) is 36.5 Å². The Balaban J connectivity index is 2.01. The second-order valence-electron chi connectivity index (χ2n) is 5.18. The zero-order valence-corrected chi connectivity index (χ0v) is 12.8. The summed E-state index contributed by atoms with van der Waals surface area (Å²) in [6, 6.07) is 9.69. The number of likely N-dealkylation sites (N-methyl/N-ethyl adjacent to an activating group) is 1. The molecule has 6 heteroatoms. The maximum absolute atomic E-state index is 12.9. The quantitative estimate of drug-likeness (QED) is 0.939. The summed E-state index contributed by atoms with van der Waals surface area (Å²) in [6.07, 6.45) is 1.61. The van der Waals surface area contributed by atoms with E-state index in [0.717, 1.165) is 18.8 Å². The third-order valence-corrected chi connectivity index (χ3v) is 3.67. The van der Waals surface area contributed by atoms with Crippen molar-refractivity contribution in [3.05, 3.63) is 42.1 Å². The molecular weight excluding hydrogens is 278 g/mol. The fourth-order valence-electron chi connectivity index (χ4n) is 2.52. The van der Waals surface area contributed by atoms with Gasteiger partial charge in [-0.25, -0.2) is 4.98 Å². The van der Waals surface area contributed by atoms with Crippen molar-refractivity contribution < 1.29 is 4.79 Å². The Morgan fingerprint density at radius 2 is 2.00 bits per heavy atom. The predicted octanol–water partition coefficient (Wildman–Crippen LogP) is 2.00. The Bertz CT molecular complexity index is 673. The molecule has 6 nitrogen and oxygen atoms in total. The Kier molecular flexibility index (Phi) is 3.91. The number of fused-ring (bicyclic) bond motifs is 1. The molecule has 1 amide bonds. The minimum Gasteiger partial charge on any atom is -0.357 e. The number of rotatable bonds is 3.